The van der Waals surface area contributed by atoms with Gasteiger partial charge in [-0.25, -0.2) is 0 Å². The van der Waals surface area contributed by atoms with Crippen LogP contribution in [0.4, 0.5) is 0 Å². The van der Waals surface area contributed by atoms with E-state index < -0.39 is 0 Å². The van der Waals surface area contributed by atoms with E-state index in [0.717, 1.165) is 31.2 Å². The lowest BCUT2D eigenvalue weighted by atomic mass is 9.97. The van der Waals surface area contributed by atoms with Crippen molar-refractivity contribution in [3.05, 3.63) is 41.5 Å². The molecule has 1 aromatic carbocycles. The average Bonchev–Trinajstić information content (AvgIpc) is 2.58. The van der Waals surface area contributed by atoms with Crippen molar-refractivity contribution < 1.29 is 4.74 Å². The lowest BCUT2D eigenvalue weighted by molar-refractivity contribution is 0.148. The Hall–Kier alpha value is -1.32. The zero-order valence-corrected chi connectivity index (χ0v) is 15.9. The molecule has 1 saturated heterocycles. The SMILES string of the molecule is COc1ccccc1CCN1CCC[C@H](CN(C)CC=C(C)C)C1. The van der Waals surface area contributed by atoms with Crippen molar-refractivity contribution in [3.8, 4) is 5.75 Å². The van der Waals surface area contributed by atoms with Crippen molar-refractivity contribution in [1.29, 1.82) is 0 Å². The lowest BCUT2D eigenvalue weighted by Crippen LogP contribution is -2.41. The second kappa shape index (κ2) is 9.85. The van der Waals surface area contributed by atoms with Crippen LogP contribution in [0.1, 0.15) is 32.3 Å². The van der Waals surface area contributed by atoms with Crippen molar-refractivity contribution in [2.75, 3.05) is 46.9 Å². The van der Waals surface area contributed by atoms with Gasteiger partial charge in [0.25, 0.3) is 0 Å². The van der Waals surface area contributed by atoms with Crippen molar-refractivity contribution in [2.24, 2.45) is 5.92 Å². The summed E-state index contributed by atoms with van der Waals surface area (Å²) in [4.78, 5) is 5.09. The van der Waals surface area contributed by atoms with E-state index in [4.69, 9.17) is 4.74 Å². The van der Waals surface area contributed by atoms with Gasteiger partial charge in [-0.05, 0) is 64.3 Å². The molecule has 3 nitrogen and oxygen atoms in total. The predicted molar refractivity (Wildman–Crippen MR) is 103 cm³/mol. The van der Waals surface area contributed by atoms with Crippen LogP contribution in [0.5, 0.6) is 5.75 Å². The molecular formula is C21H34N2O. The quantitative estimate of drug-likeness (QED) is 0.673. The first kappa shape index (κ1) is 19.0. The molecule has 2 rings (SSSR count). The first-order valence-electron chi connectivity index (χ1n) is 9.24. The fourth-order valence-electron chi connectivity index (χ4n) is 3.55. The average molecular weight is 331 g/mol. The fraction of sp³-hybridized carbons (Fsp3) is 0.619. The smallest absolute Gasteiger partial charge is 0.122 e. The Morgan fingerprint density at radius 2 is 2.12 bits per heavy atom. The van der Waals surface area contributed by atoms with E-state index in [1.807, 2.05) is 6.07 Å². The molecule has 1 aliphatic heterocycles. The maximum absolute atomic E-state index is 5.47. The predicted octanol–water partition coefficient (Wildman–Crippen LogP) is 3.85. The van der Waals surface area contributed by atoms with E-state index in [0.29, 0.717) is 0 Å². The van der Waals surface area contributed by atoms with Gasteiger partial charge in [0.1, 0.15) is 5.75 Å². The van der Waals surface area contributed by atoms with Gasteiger partial charge < -0.3 is 14.5 Å². The Balaban J connectivity index is 1.79. The van der Waals surface area contributed by atoms with Gasteiger partial charge in [0, 0.05) is 26.2 Å². The van der Waals surface area contributed by atoms with Crippen LogP contribution in [0.15, 0.2) is 35.9 Å². The molecule has 0 amide bonds. The van der Waals surface area contributed by atoms with Crippen LogP contribution in [0.25, 0.3) is 0 Å². The summed E-state index contributed by atoms with van der Waals surface area (Å²) in [6, 6.07) is 8.40. The number of hydrogen-bond acceptors (Lipinski definition) is 3. The number of para-hydroxylation sites is 1. The first-order chi connectivity index (χ1) is 11.6. The van der Waals surface area contributed by atoms with Gasteiger partial charge in [0.2, 0.25) is 0 Å². The van der Waals surface area contributed by atoms with Gasteiger partial charge in [-0.15, -0.1) is 0 Å². The minimum atomic E-state index is 0.798. The topological polar surface area (TPSA) is 15.7 Å². The van der Waals surface area contributed by atoms with Gasteiger partial charge in [0.15, 0.2) is 0 Å². The normalized spacial score (nSPS) is 18.6. The molecule has 1 heterocycles. The van der Waals surface area contributed by atoms with Gasteiger partial charge in [-0.1, -0.05) is 29.8 Å². The zero-order valence-electron chi connectivity index (χ0n) is 15.9. The van der Waals surface area contributed by atoms with Crippen LogP contribution in [0.3, 0.4) is 0 Å². The number of methoxy groups -OCH3 is 1. The number of nitrogens with zero attached hydrogens (tertiary/aromatic N) is 2. The highest BCUT2D eigenvalue weighted by atomic mass is 16.5. The summed E-state index contributed by atoms with van der Waals surface area (Å²) in [7, 11) is 4.01. The number of benzene rings is 1. The minimum absolute atomic E-state index is 0.798. The Labute approximate surface area is 148 Å². The molecule has 1 fully saturated rings. The molecule has 0 radical (unpaired) electrons. The van der Waals surface area contributed by atoms with E-state index in [1.165, 1.54) is 43.6 Å². The fourth-order valence-corrected chi connectivity index (χ4v) is 3.55. The lowest BCUT2D eigenvalue weighted by Gasteiger charge is -2.34. The van der Waals surface area contributed by atoms with Crippen molar-refractivity contribution in [2.45, 2.75) is 33.1 Å². The maximum Gasteiger partial charge on any atom is 0.122 e. The van der Waals surface area contributed by atoms with Crippen molar-refractivity contribution >= 4 is 0 Å². The van der Waals surface area contributed by atoms with Crippen LogP contribution in [0, 0.1) is 5.92 Å². The summed E-state index contributed by atoms with van der Waals surface area (Å²) in [5, 5.41) is 0. The molecule has 0 aliphatic carbocycles. The van der Waals surface area contributed by atoms with Crippen LogP contribution in [-0.4, -0.2) is 56.7 Å². The van der Waals surface area contributed by atoms with E-state index in [1.54, 1.807) is 7.11 Å². The standard InChI is InChI=1S/C21H34N2O/c1-18(2)11-14-22(3)16-19-8-7-13-23(17-19)15-12-20-9-5-6-10-21(20)24-4/h5-6,9-11,19H,7-8,12-17H2,1-4H3/t19-/m1/s1. The van der Waals surface area contributed by atoms with Crippen LogP contribution >= 0.6 is 0 Å². The monoisotopic (exact) mass is 330 g/mol. The highest BCUT2D eigenvalue weighted by molar-refractivity contribution is 5.33. The number of rotatable bonds is 8. The molecule has 0 saturated carbocycles. The van der Waals surface area contributed by atoms with E-state index in [2.05, 4.69) is 55.0 Å². The summed E-state index contributed by atoms with van der Waals surface area (Å²) >= 11 is 0. The Morgan fingerprint density at radius 3 is 2.88 bits per heavy atom. The molecule has 134 valence electrons. The number of ether oxygens (including phenoxy) is 1. The molecule has 0 unspecified atom stereocenters. The number of hydrogen-bond donors (Lipinski definition) is 0. The van der Waals surface area contributed by atoms with Gasteiger partial charge in [-0.2, -0.15) is 0 Å². The summed E-state index contributed by atoms with van der Waals surface area (Å²) in [5.74, 6) is 1.82. The second-order valence-electron chi connectivity index (χ2n) is 7.37. The Bertz CT molecular complexity index is 522. The minimum Gasteiger partial charge on any atom is -0.496 e. The van der Waals surface area contributed by atoms with E-state index >= 15 is 0 Å². The highest BCUT2D eigenvalue weighted by Crippen LogP contribution is 2.21. The van der Waals surface area contributed by atoms with Gasteiger partial charge >= 0.3 is 0 Å². The summed E-state index contributed by atoms with van der Waals surface area (Å²) in [5.41, 5.74) is 2.73. The highest BCUT2D eigenvalue weighted by Gasteiger charge is 2.20. The van der Waals surface area contributed by atoms with Crippen molar-refractivity contribution in [1.82, 2.24) is 9.80 Å². The molecule has 24 heavy (non-hydrogen) atoms. The molecule has 0 bridgehead atoms. The number of allylic oxidation sites excluding steroid dienone is 1. The third kappa shape index (κ3) is 6.29. The summed E-state index contributed by atoms with van der Waals surface area (Å²) in [6.07, 6.45) is 6.09. The molecule has 1 aromatic rings. The second-order valence-corrected chi connectivity index (χ2v) is 7.37. The largest absolute Gasteiger partial charge is 0.496 e. The zero-order chi connectivity index (χ0) is 17.4. The van der Waals surface area contributed by atoms with Gasteiger partial charge in [0.05, 0.1) is 7.11 Å². The Morgan fingerprint density at radius 1 is 1.33 bits per heavy atom. The van der Waals surface area contributed by atoms with E-state index in [9.17, 15) is 0 Å². The number of likely N-dealkylation sites (tertiary alicyclic amines) is 1. The third-order valence-electron chi connectivity index (χ3n) is 4.87. The van der Waals surface area contributed by atoms with Crippen LogP contribution in [-0.2, 0) is 6.42 Å². The van der Waals surface area contributed by atoms with E-state index in [-0.39, 0.29) is 0 Å². The molecule has 3 heteroatoms. The number of piperidine rings is 1. The molecular weight excluding hydrogens is 296 g/mol. The molecule has 0 N–H and O–H groups in total. The maximum atomic E-state index is 5.47. The number of likely N-dealkylation sites (N-methyl/N-ethyl adjacent to an activating group) is 1. The molecule has 1 atom stereocenters. The van der Waals surface area contributed by atoms with Crippen LogP contribution < -0.4 is 4.74 Å². The summed E-state index contributed by atoms with van der Waals surface area (Å²) in [6.45, 7) is 10.2. The summed E-state index contributed by atoms with van der Waals surface area (Å²) < 4.78 is 5.47. The molecule has 0 aromatic heterocycles. The molecule has 1 aliphatic rings. The third-order valence-corrected chi connectivity index (χ3v) is 4.87. The van der Waals surface area contributed by atoms with Crippen LogP contribution in [0.2, 0.25) is 0 Å². The molecule has 0 spiro atoms. The van der Waals surface area contributed by atoms with Gasteiger partial charge in [-0.3, -0.25) is 0 Å². The Kier molecular flexibility index (Phi) is 7.80. The first-order valence-corrected chi connectivity index (χ1v) is 9.24. The van der Waals surface area contributed by atoms with Crippen molar-refractivity contribution in [3.63, 3.8) is 0 Å².